The van der Waals surface area contributed by atoms with Gasteiger partial charge in [0.05, 0.1) is 0 Å². The second kappa shape index (κ2) is 4.68. The largest absolute Gasteiger partial charge is 0.479 e. The van der Waals surface area contributed by atoms with Crippen molar-refractivity contribution < 1.29 is 20.1 Å². The molecule has 0 saturated carbocycles. The van der Waals surface area contributed by atoms with Crippen molar-refractivity contribution in [1.82, 2.24) is 0 Å². The number of hydrogen-bond acceptors (Lipinski definition) is 4. The molecule has 0 heterocycles. The van der Waals surface area contributed by atoms with Gasteiger partial charge in [0.1, 0.15) is 5.72 Å². The van der Waals surface area contributed by atoms with Crippen molar-refractivity contribution >= 4 is 5.97 Å². The van der Waals surface area contributed by atoms with E-state index in [1.807, 2.05) is 0 Å². The number of hydrogen-bond donors (Lipinski definition) is 4. The maximum atomic E-state index is 10.9. The van der Waals surface area contributed by atoms with Crippen LogP contribution in [-0.4, -0.2) is 21.3 Å². The Morgan fingerprint density at radius 1 is 1.17 bits per heavy atom. The summed E-state index contributed by atoms with van der Waals surface area (Å²) in [5.41, 5.74) is 3.05. The van der Waals surface area contributed by atoms with Gasteiger partial charge in [-0.15, -0.1) is 0 Å². The van der Waals surface area contributed by atoms with Gasteiger partial charge in [-0.2, -0.15) is 0 Å². The van der Waals surface area contributed by atoms with Crippen LogP contribution in [0.4, 0.5) is 0 Å². The molecule has 0 aliphatic heterocycles. The molecule has 0 amide bonds. The molecule has 1 aromatic carbocycles. The average Bonchev–Trinajstić information content (AvgIpc) is 2.28. The van der Waals surface area contributed by atoms with Crippen molar-refractivity contribution in [2.24, 2.45) is 11.7 Å². The quantitative estimate of drug-likeness (QED) is 0.592. The van der Waals surface area contributed by atoms with Crippen LogP contribution in [0.3, 0.4) is 0 Å². The van der Waals surface area contributed by atoms with Crippen molar-refractivity contribution in [3.8, 4) is 0 Å². The van der Waals surface area contributed by atoms with Gasteiger partial charge in [0, 0.05) is 0 Å². The van der Waals surface area contributed by atoms with Crippen LogP contribution in [0.1, 0.15) is 31.9 Å². The lowest BCUT2D eigenvalue weighted by Gasteiger charge is -2.28. The minimum Gasteiger partial charge on any atom is -0.479 e. The smallest absolute Gasteiger partial charge is 0.340 e. The fraction of sp³-hybridized carbons (Fsp3) is 0.462. The lowest BCUT2D eigenvalue weighted by molar-refractivity contribution is -0.157. The second-order valence-electron chi connectivity index (χ2n) is 4.93. The van der Waals surface area contributed by atoms with Crippen LogP contribution < -0.4 is 5.73 Å². The van der Waals surface area contributed by atoms with E-state index in [1.54, 1.807) is 13.8 Å². The zero-order valence-corrected chi connectivity index (χ0v) is 10.7. The number of aliphatic hydroxyl groups is 2. The van der Waals surface area contributed by atoms with Crippen LogP contribution in [0.2, 0.25) is 0 Å². The Bertz CT molecular complexity index is 435. The number of aliphatic carboxylic acids is 1. The number of carboxylic acids is 1. The van der Waals surface area contributed by atoms with Crippen LogP contribution in [0.25, 0.3) is 0 Å². The molecule has 100 valence electrons. The molecule has 0 aliphatic rings. The number of benzene rings is 1. The van der Waals surface area contributed by atoms with Gasteiger partial charge in [0.2, 0.25) is 0 Å². The first kappa shape index (κ1) is 14.6. The van der Waals surface area contributed by atoms with E-state index in [0.717, 1.165) is 0 Å². The van der Waals surface area contributed by atoms with Gasteiger partial charge >= 0.3 is 5.97 Å². The molecule has 0 bridgehead atoms. The summed E-state index contributed by atoms with van der Waals surface area (Å²) < 4.78 is 0. The van der Waals surface area contributed by atoms with Gasteiger partial charge in [0.25, 0.3) is 0 Å². The highest BCUT2D eigenvalue weighted by Crippen LogP contribution is 2.27. The Kier molecular flexibility index (Phi) is 3.81. The van der Waals surface area contributed by atoms with E-state index in [4.69, 9.17) is 10.8 Å². The SMILES string of the molecule is CC(C)C(N)(O)c1ccc([C@](C)(O)C(=O)O)cc1. The van der Waals surface area contributed by atoms with Crippen LogP contribution >= 0.6 is 0 Å². The topological polar surface area (TPSA) is 104 Å². The number of carbonyl (C=O) groups is 1. The van der Waals surface area contributed by atoms with Gasteiger partial charge in [0.15, 0.2) is 5.60 Å². The molecule has 5 nitrogen and oxygen atoms in total. The summed E-state index contributed by atoms with van der Waals surface area (Å²) in [6, 6.07) is 5.94. The maximum Gasteiger partial charge on any atom is 0.340 e. The van der Waals surface area contributed by atoms with Crippen molar-refractivity contribution in [3.05, 3.63) is 35.4 Å². The molecule has 5 heteroatoms. The summed E-state index contributed by atoms with van der Waals surface area (Å²) in [6.07, 6.45) is 0. The van der Waals surface area contributed by atoms with E-state index in [2.05, 4.69) is 0 Å². The van der Waals surface area contributed by atoms with E-state index in [1.165, 1.54) is 31.2 Å². The number of nitrogens with two attached hydrogens (primary N) is 1. The Hall–Kier alpha value is -1.43. The van der Waals surface area contributed by atoms with E-state index in [9.17, 15) is 15.0 Å². The molecule has 5 N–H and O–H groups in total. The third-order valence-corrected chi connectivity index (χ3v) is 3.21. The molecule has 1 aromatic rings. The van der Waals surface area contributed by atoms with E-state index >= 15 is 0 Å². The summed E-state index contributed by atoms with van der Waals surface area (Å²) in [7, 11) is 0. The lowest BCUT2D eigenvalue weighted by Crippen LogP contribution is -2.41. The van der Waals surface area contributed by atoms with Gasteiger partial charge in [-0.05, 0) is 24.0 Å². The van der Waals surface area contributed by atoms with E-state index in [-0.39, 0.29) is 11.5 Å². The Morgan fingerprint density at radius 2 is 1.56 bits per heavy atom. The summed E-state index contributed by atoms with van der Waals surface area (Å²) in [4.78, 5) is 10.9. The minimum atomic E-state index is -1.96. The predicted octanol–water partition coefficient (Wildman–Crippen LogP) is 0.738. The summed E-state index contributed by atoms with van der Waals surface area (Å²) in [5, 5.41) is 28.7. The molecule has 0 radical (unpaired) electrons. The van der Waals surface area contributed by atoms with Crippen LogP contribution in [0, 0.1) is 5.92 Å². The summed E-state index contributed by atoms with van der Waals surface area (Å²) >= 11 is 0. The van der Waals surface area contributed by atoms with Crippen molar-refractivity contribution in [2.45, 2.75) is 32.1 Å². The van der Waals surface area contributed by atoms with Gasteiger partial charge in [-0.3, -0.25) is 5.73 Å². The second-order valence-corrected chi connectivity index (χ2v) is 4.93. The summed E-state index contributed by atoms with van der Waals surface area (Å²) in [6.45, 7) is 4.75. The molecular formula is C13H19NO4. The van der Waals surface area contributed by atoms with Gasteiger partial charge in [-0.25, -0.2) is 4.79 Å². The molecule has 1 rings (SSSR count). The maximum absolute atomic E-state index is 10.9. The Morgan fingerprint density at radius 3 is 1.89 bits per heavy atom. The number of rotatable bonds is 4. The monoisotopic (exact) mass is 253 g/mol. The zero-order valence-electron chi connectivity index (χ0n) is 10.7. The van der Waals surface area contributed by atoms with Crippen molar-refractivity contribution in [2.75, 3.05) is 0 Å². The first-order chi connectivity index (χ1) is 8.10. The van der Waals surface area contributed by atoms with Crippen LogP contribution in [-0.2, 0) is 16.1 Å². The van der Waals surface area contributed by atoms with E-state index < -0.39 is 17.3 Å². The highest BCUT2D eigenvalue weighted by atomic mass is 16.4. The first-order valence-electron chi connectivity index (χ1n) is 5.68. The average molecular weight is 253 g/mol. The number of carboxylic acid groups (broad SMARTS) is 1. The lowest BCUT2D eigenvalue weighted by atomic mass is 9.89. The third kappa shape index (κ3) is 2.53. The molecule has 0 aliphatic carbocycles. The van der Waals surface area contributed by atoms with Gasteiger partial charge < -0.3 is 15.3 Å². The summed E-state index contributed by atoms with van der Waals surface area (Å²) in [5.74, 6) is -1.52. The molecule has 0 fully saturated rings. The molecule has 18 heavy (non-hydrogen) atoms. The third-order valence-electron chi connectivity index (χ3n) is 3.21. The zero-order chi connectivity index (χ0) is 14.1. The first-order valence-corrected chi connectivity index (χ1v) is 5.68. The van der Waals surface area contributed by atoms with Crippen molar-refractivity contribution in [1.29, 1.82) is 0 Å². The van der Waals surface area contributed by atoms with Crippen molar-refractivity contribution in [3.63, 3.8) is 0 Å². The fourth-order valence-electron chi connectivity index (χ4n) is 1.52. The Labute approximate surface area is 106 Å². The highest BCUT2D eigenvalue weighted by molar-refractivity contribution is 5.78. The standard InChI is InChI=1S/C13H19NO4/c1-8(2)13(14,18)10-6-4-9(5-7-10)12(3,17)11(15)16/h4-8,17-18H,14H2,1-3H3,(H,15,16)/t12-,13?/m0/s1. The fourth-order valence-corrected chi connectivity index (χ4v) is 1.52. The van der Waals surface area contributed by atoms with E-state index in [0.29, 0.717) is 5.56 Å². The molecule has 1 unspecified atom stereocenters. The predicted molar refractivity (Wildman–Crippen MR) is 66.6 cm³/mol. The highest BCUT2D eigenvalue weighted by Gasteiger charge is 2.33. The normalized spacial score (nSPS) is 18.2. The molecule has 0 aromatic heterocycles. The minimum absolute atomic E-state index is 0.191. The molecule has 0 saturated heterocycles. The molecule has 0 spiro atoms. The van der Waals surface area contributed by atoms with Crippen LogP contribution in [0.15, 0.2) is 24.3 Å². The molecule has 2 atom stereocenters. The molecular weight excluding hydrogens is 234 g/mol. The van der Waals surface area contributed by atoms with Gasteiger partial charge in [-0.1, -0.05) is 38.1 Å². The Balaban J connectivity index is 3.12. The van der Waals surface area contributed by atoms with Crippen LogP contribution in [0.5, 0.6) is 0 Å².